The zero-order valence-corrected chi connectivity index (χ0v) is 12.8. The van der Waals surface area contributed by atoms with Crippen molar-refractivity contribution in [1.82, 2.24) is 19.9 Å². The summed E-state index contributed by atoms with van der Waals surface area (Å²) in [4.78, 5) is 5.70. The highest BCUT2D eigenvalue weighted by molar-refractivity contribution is 9.10. The third-order valence-corrected chi connectivity index (χ3v) is 4.53. The van der Waals surface area contributed by atoms with Gasteiger partial charge in [-0.05, 0) is 41.2 Å². The second-order valence-electron chi connectivity index (χ2n) is 4.24. The van der Waals surface area contributed by atoms with E-state index in [1.54, 1.807) is 11.3 Å². The predicted octanol–water partition coefficient (Wildman–Crippen LogP) is 2.98. The fraction of sp³-hybridized carbons (Fsp3) is 0.231. The SMILES string of the molecule is CNCCc1cn2nc(-c3cc(Br)cs3)ccc2n1. The van der Waals surface area contributed by atoms with Gasteiger partial charge >= 0.3 is 0 Å². The highest BCUT2D eigenvalue weighted by atomic mass is 79.9. The maximum Gasteiger partial charge on any atom is 0.153 e. The van der Waals surface area contributed by atoms with Gasteiger partial charge in [0.25, 0.3) is 0 Å². The van der Waals surface area contributed by atoms with Crippen LogP contribution in [-0.4, -0.2) is 28.2 Å². The molecule has 0 aromatic carbocycles. The van der Waals surface area contributed by atoms with E-state index >= 15 is 0 Å². The number of fused-ring (bicyclic) bond motifs is 1. The van der Waals surface area contributed by atoms with E-state index in [0.29, 0.717) is 0 Å². The molecule has 0 unspecified atom stereocenters. The fourth-order valence-electron chi connectivity index (χ4n) is 1.88. The van der Waals surface area contributed by atoms with Gasteiger partial charge in [0.2, 0.25) is 0 Å². The van der Waals surface area contributed by atoms with Crippen molar-refractivity contribution in [3.05, 3.63) is 39.9 Å². The molecular formula is C13H13BrN4S. The second kappa shape index (κ2) is 5.40. The molecule has 0 spiro atoms. The normalized spacial score (nSPS) is 11.3. The zero-order valence-electron chi connectivity index (χ0n) is 10.4. The monoisotopic (exact) mass is 336 g/mol. The van der Waals surface area contributed by atoms with Crippen molar-refractivity contribution in [2.75, 3.05) is 13.6 Å². The summed E-state index contributed by atoms with van der Waals surface area (Å²) in [6.07, 6.45) is 2.92. The molecule has 3 aromatic heterocycles. The Morgan fingerprint density at radius 3 is 3.05 bits per heavy atom. The summed E-state index contributed by atoms with van der Waals surface area (Å²) in [5, 5.41) is 9.80. The maximum absolute atomic E-state index is 4.61. The molecule has 0 aliphatic heterocycles. The molecule has 19 heavy (non-hydrogen) atoms. The number of imidazole rings is 1. The molecule has 6 heteroatoms. The predicted molar refractivity (Wildman–Crippen MR) is 81.6 cm³/mol. The van der Waals surface area contributed by atoms with Crippen molar-refractivity contribution in [2.24, 2.45) is 0 Å². The number of thiophene rings is 1. The lowest BCUT2D eigenvalue weighted by Crippen LogP contribution is -2.10. The number of rotatable bonds is 4. The van der Waals surface area contributed by atoms with E-state index < -0.39 is 0 Å². The molecule has 3 rings (SSSR count). The van der Waals surface area contributed by atoms with Crippen molar-refractivity contribution in [1.29, 1.82) is 0 Å². The molecule has 3 aromatic rings. The summed E-state index contributed by atoms with van der Waals surface area (Å²) in [5.74, 6) is 0. The van der Waals surface area contributed by atoms with Crippen molar-refractivity contribution in [3.8, 4) is 10.6 Å². The Morgan fingerprint density at radius 1 is 1.42 bits per heavy atom. The van der Waals surface area contributed by atoms with Crippen molar-refractivity contribution in [3.63, 3.8) is 0 Å². The zero-order chi connectivity index (χ0) is 13.2. The first-order valence-electron chi connectivity index (χ1n) is 6.00. The lowest BCUT2D eigenvalue weighted by atomic mass is 10.3. The van der Waals surface area contributed by atoms with Crippen LogP contribution in [0.1, 0.15) is 5.69 Å². The highest BCUT2D eigenvalue weighted by Gasteiger charge is 2.06. The van der Waals surface area contributed by atoms with Crippen molar-refractivity contribution >= 4 is 32.9 Å². The van der Waals surface area contributed by atoms with E-state index in [4.69, 9.17) is 0 Å². The minimum absolute atomic E-state index is 0.894. The Hall–Kier alpha value is -1.24. The number of nitrogens with zero attached hydrogens (tertiary/aromatic N) is 3. The molecule has 0 saturated heterocycles. The average Bonchev–Trinajstić information content (AvgIpc) is 3.01. The van der Waals surface area contributed by atoms with Gasteiger partial charge in [-0.1, -0.05) is 0 Å². The van der Waals surface area contributed by atoms with Gasteiger partial charge in [-0.3, -0.25) is 0 Å². The second-order valence-corrected chi connectivity index (χ2v) is 6.06. The van der Waals surface area contributed by atoms with Gasteiger partial charge in [-0.25, -0.2) is 9.50 Å². The number of aromatic nitrogens is 3. The molecule has 0 radical (unpaired) electrons. The Morgan fingerprint density at radius 2 is 2.32 bits per heavy atom. The molecule has 0 atom stereocenters. The number of nitrogens with one attached hydrogen (secondary N) is 1. The summed E-state index contributed by atoms with van der Waals surface area (Å²) in [5.41, 5.74) is 2.93. The van der Waals surface area contributed by atoms with Gasteiger partial charge < -0.3 is 5.32 Å². The van der Waals surface area contributed by atoms with Crippen LogP contribution in [0.25, 0.3) is 16.2 Å². The molecule has 0 aliphatic rings. The number of halogens is 1. The molecule has 0 aliphatic carbocycles. The number of hydrogen-bond donors (Lipinski definition) is 1. The Kier molecular flexibility index (Phi) is 3.63. The quantitative estimate of drug-likeness (QED) is 0.796. The van der Waals surface area contributed by atoms with E-state index in [1.807, 2.05) is 29.9 Å². The van der Waals surface area contributed by atoms with Crippen molar-refractivity contribution < 1.29 is 0 Å². The third-order valence-electron chi connectivity index (χ3n) is 2.82. The van der Waals surface area contributed by atoms with E-state index in [2.05, 4.69) is 42.8 Å². The first kappa shape index (κ1) is 12.8. The standard InChI is InChI=1S/C13H13BrN4S/c1-15-5-4-10-7-18-13(16-10)3-2-11(17-18)12-6-9(14)8-19-12/h2-3,6-8,15H,4-5H2,1H3. The van der Waals surface area contributed by atoms with E-state index in [-0.39, 0.29) is 0 Å². The molecule has 3 heterocycles. The lowest BCUT2D eigenvalue weighted by molar-refractivity contribution is 0.779. The summed E-state index contributed by atoms with van der Waals surface area (Å²) in [6.45, 7) is 0.925. The summed E-state index contributed by atoms with van der Waals surface area (Å²) < 4.78 is 2.95. The molecule has 4 nitrogen and oxygen atoms in total. The smallest absolute Gasteiger partial charge is 0.153 e. The van der Waals surface area contributed by atoms with Crippen LogP contribution in [0.4, 0.5) is 0 Å². The minimum Gasteiger partial charge on any atom is -0.319 e. The van der Waals surface area contributed by atoms with Gasteiger partial charge in [0.1, 0.15) is 5.69 Å². The molecule has 0 fully saturated rings. The largest absolute Gasteiger partial charge is 0.319 e. The average molecular weight is 337 g/mol. The lowest BCUT2D eigenvalue weighted by Gasteiger charge is -1.97. The van der Waals surface area contributed by atoms with Crippen LogP contribution in [-0.2, 0) is 6.42 Å². The van der Waals surface area contributed by atoms with Crippen LogP contribution in [0.2, 0.25) is 0 Å². The van der Waals surface area contributed by atoms with Gasteiger partial charge in [0.05, 0.1) is 16.8 Å². The van der Waals surface area contributed by atoms with Gasteiger partial charge in [-0.15, -0.1) is 11.3 Å². The molecule has 1 N–H and O–H groups in total. The third kappa shape index (κ3) is 2.70. The van der Waals surface area contributed by atoms with Crippen LogP contribution in [0, 0.1) is 0 Å². The molecule has 98 valence electrons. The van der Waals surface area contributed by atoms with E-state index in [0.717, 1.165) is 39.4 Å². The van der Waals surface area contributed by atoms with Gasteiger partial charge in [0, 0.05) is 22.8 Å². The van der Waals surface area contributed by atoms with Crippen LogP contribution >= 0.6 is 27.3 Å². The maximum atomic E-state index is 4.61. The Labute approximate surface area is 123 Å². The van der Waals surface area contributed by atoms with Crippen LogP contribution in [0.15, 0.2) is 34.2 Å². The van der Waals surface area contributed by atoms with Crippen LogP contribution in [0.3, 0.4) is 0 Å². The molecular weight excluding hydrogens is 324 g/mol. The van der Waals surface area contributed by atoms with Crippen LogP contribution < -0.4 is 5.32 Å². The Balaban J connectivity index is 1.96. The number of likely N-dealkylation sites (N-methyl/N-ethyl adjacent to an activating group) is 1. The van der Waals surface area contributed by atoms with Gasteiger partial charge in [-0.2, -0.15) is 5.10 Å². The summed E-state index contributed by atoms with van der Waals surface area (Å²) in [7, 11) is 1.95. The molecule has 0 amide bonds. The van der Waals surface area contributed by atoms with E-state index in [1.165, 1.54) is 0 Å². The topological polar surface area (TPSA) is 42.2 Å². The van der Waals surface area contributed by atoms with Crippen molar-refractivity contribution in [2.45, 2.75) is 6.42 Å². The first-order valence-corrected chi connectivity index (χ1v) is 7.68. The Bertz CT molecular complexity index is 704. The van der Waals surface area contributed by atoms with Gasteiger partial charge in [0.15, 0.2) is 5.65 Å². The summed E-state index contributed by atoms with van der Waals surface area (Å²) >= 11 is 5.15. The number of hydrogen-bond acceptors (Lipinski definition) is 4. The summed E-state index contributed by atoms with van der Waals surface area (Å²) in [6, 6.07) is 6.11. The molecule has 0 saturated carbocycles. The first-order chi connectivity index (χ1) is 9.26. The van der Waals surface area contributed by atoms with E-state index in [9.17, 15) is 0 Å². The minimum atomic E-state index is 0.894. The molecule has 0 bridgehead atoms. The fourth-order valence-corrected chi connectivity index (χ4v) is 3.28. The van der Waals surface area contributed by atoms with Crippen LogP contribution in [0.5, 0.6) is 0 Å². The highest BCUT2D eigenvalue weighted by Crippen LogP contribution is 2.28.